The summed E-state index contributed by atoms with van der Waals surface area (Å²) in [4.78, 5) is 64.3. The number of phenols is 2. The largest absolute Gasteiger partial charge is 0.508 e. The Bertz CT molecular complexity index is 1680. The molecule has 14 heteroatoms. The van der Waals surface area contributed by atoms with Crippen LogP contribution in [0.2, 0.25) is 0 Å². The SMILES string of the molecule is COc1ccc(O)c(C2C3=CCC4C(=O)N(c5ccc(C(=O)O)c(O)c5)C(=O)C4C3CC3(Cl)C(=O)N(CBr)C(=O)C23Cl)c1. The van der Waals surface area contributed by atoms with Crippen molar-refractivity contribution in [3.05, 3.63) is 59.2 Å². The number of amides is 4. The lowest BCUT2D eigenvalue weighted by molar-refractivity contribution is -0.138. The highest BCUT2D eigenvalue weighted by molar-refractivity contribution is 9.09. The number of carbonyl (C=O) groups is 5. The highest BCUT2D eigenvalue weighted by atomic mass is 79.9. The molecular weight excluding hydrogens is 671 g/mol. The van der Waals surface area contributed by atoms with Crippen molar-refractivity contribution in [3.63, 3.8) is 0 Å². The number of phenolic OH excluding ortho intramolecular Hbond substituents is 1. The summed E-state index contributed by atoms with van der Waals surface area (Å²) in [6.45, 7) is 0. The average molecular weight is 694 g/mol. The van der Waals surface area contributed by atoms with Gasteiger partial charge in [-0.05, 0) is 49.1 Å². The standard InChI is InChI=1S/C29H23BrCl2N2O9/c1-43-13-3-7-19(35)17(9-13)22-14-5-6-16-21(18(14)10-28(31)26(41)33(11-30)27(42)29(22,28)32)24(38)34(23(16)37)12-2-4-15(25(39)40)20(36)8-12/h2-5,7-9,16,18,21-22,35-36H,6,10-11H2,1H3,(H,39,40). The number of hydrogen-bond acceptors (Lipinski definition) is 8. The zero-order chi connectivity index (χ0) is 31.2. The van der Waals surface area contributed by atoms with Crippen molar-refractivity contribution in [1.82, 2.24) is 4.90 Å². The lowest BCUT2D eigenvalue weighted by Crippen LogP contribution is -2.60. The third kappa shape index (κ3) is 3.82. The van der Waals surface area contributed by atoms with Gasteiger partial charge in [-0.15, -0.1) is 23.2 Å². The number of likely N-dealkylation sites (tertiary alicyclic amines) is 1. The van der Waals surface area contributed by atoms with E-state index in [1.165, 1.54) is 31.4 Å². The number of imide groups is 2. The average Bonchev–Trinajstić information content (AvgIpc) is 3.31. The van der Waals surface area contributed by atoms with E-state index in [1.54, 1.807) is 6.08 Å². The molecule has 0 bridgehead atoms. The second-order valence-electron chi connectivity index (χ2n) is 10.9. The number of rotatable bonds is 5. The van der Waals surface area contributed by atoms with Crippen molar-refractivity contribution in [2.45, 2.75) is 28.5 Å². The van der Waals surface area contributed by atoms with Crippen LogP contribution in [0, 0.1) is 17.8 Å². The molecule has 43 heavy (non-hydrogen) atoms. The number of benzene rings is 2. The van der Waals surface area contributed by atoms with Crippen LogP contribution in [0.3, 0.4) is 0 Å². The predicted octanol–water partition coefficient (Wildman–Crippen LogP) is 3.72. The lowest BCUT2D eigenvalue weighted by Gasteiger charge is -2.50. The monoisotopic (exact) mass is 692 g/mol. The zero-order valence-corrected chi connectivity index (χ0v) is 25.4. The van der Waals surface area contributed by atoms with Crippen molar-refractivity contribution >= 4 is 74.4 Å². The minimum Gasteiger partial charge on any atom is -0.508 e. The van der Waals surface area contributed by atoms with Crippen LogP contribution in [0.25, 0.3) is 0 Å². The number of carboxylic acids is 1. The summed E-state index contributed by atoms with van der Waals surface area (Å²) in [6.07, 6.45) is 1.53. The van der Waals surface area contributed by atoms with E-state index in [2.05, 4.69) is 15.9 Å². The fourth-order valence-electron chi connectivity index (χ4n) is 7.08. The number of carboxylic acid groups (broad SMARTS) is 1. The number of aromatic hydroxyl groups is 2. The molecule has 0 aromatic heterocycles. The zero-order valence-electron chi connectivity index (χ0n) is 22.3. The third-order valence-corrected chi connectivity index (χ3v) is 10.9. The number of anilines is 1. The Morgan fingerprint density at radius 3 is 2.37 bits per heavy atom. The predicted molar refractivity (Wildman–Crippen MR) is 156 cm³/mol. The molecule has 6 unspecified atom stereocenters. The smallest absolute Gasteiger partial charge is 0.339 e. The van der Waals surface area contributed by atoms with Gasteiger partial charge in [0.05, 0.1) is 30.1 Å². The minimum absolute atomic E-state index is 0.0175. The number of halogens is 3. The Morgan fingerprint density at radius 1 is 1.02 bits per heavy atom. The number of hydrogen-bond donors (Lipinski definition) is 3. The summed E-state index contributed by atoms with van der Waals surface area (Å²) in [5.74, 6) is -8.60. The first kappa shape index (κ1) is 29.5. The molecule has 224 valence electrons. The molecule has 2 heterocycles. The number of carbonyl (C=O) groups excluding carboxylic acids is 4. The number of ether oxygens (including phenoxy) is 1. The van der Waals surface area contributed by atoms with Crippen molar-refractivity contribution in [2.75, 3.05) is 17.5 Å². The number of alkyl halides is 3. The number of allylic oxidation sites excluding steroid dienone is 2. The van der Waals surface area contributed by atoms with Crippen LogP contribution in [0.4, 0.5) is 5.69 Å². The van der Waals surface area contributed by atoms with E-state index in [0.717, 1.165) is 21.9 Å². The number of aromatic carboxylic acids is 1. The first-order valence-electron chi connectivity index (χ1n) is 13.1. The van der Waals surface area contributed by atoms with Gasteiger partial charge in [0.2, 0.25) is 11.8 Å². The van der Waals surface area contributed by atoms with E-state index in [9.17, 15) is 39.3 Å². The van der Waals surface area contributed by atoms with Crippen LogP contribution < -0.4 is 9.64 Å². The fraction of sp³-hybridized carbons (Fsp3) is 0.345. The fourth-order valence-corrected chi connectivity index (χ4v) is 8.50. The van der Waals surface area contributed by atoms with Crippen LogP contribution in [0.5, 0.6) is 17.2 Å². The maximum atomic E-state index is 14.1. The molecule has 11 nitrogen and oxygen atoms in total. The Kier molecular flexibility index (Phi) is 6.83. The van der Waals surface area contributed by atoms with E-state index >= 15 is 0 Å². The number of nitrogens with zero attached hydrogens (tertiary/aromatic N) is 2. The topological polar surface area (TPSA) is 162 Å². The highest BCUT2D eigenvalue weighted by Crippen LogP contribution is 2.66. The van der Waals surface area contributed by atoms with Gasteiger partial charge in [-0.25, -0.2) is 9.69 Å². The molecule has 4 aliphatic rings. The molecule has 4 amide bonds. The van der Waals surface area contributed by atoms with Crippen molar-refractivity contribution in [1.29, 1.82) is 0 Å². The van der Waals surface area contributed by atoms with Crippen LogP contribution in [0.1, 0.15) is 34.7 Å². The van der Waals surface area contributed by atoms with Gasteiger partial charge in [-0.1, -0.05) is 27.6 Å². The molecule has 6 atom stereocenters. The van der Waals surface area contributed by atoms with Gasteiger partial charge in [0.1, 0.15) is 22.8 Å². The van der Waals surface area contributed by atoms with Crippen LogP contribution in [-0.4, -0.2) is 72.1 Å². The lowest BCUT2D eigenvalue weighted by atomic mass is 9.56. The van der Waals surface area contributed by atoms with Gasteiger partial charge in [0, 0.05) is 17.5 Å². The van der Waals surface area contributed by atoms with Gasteiger partial charge >= 0.3 is 5.97 Å². The quantitative estimate of drug-likeness (QED) is 0.183. The van der Waals surface area contributed by atoms with Crippen molar-refractivity contribution in [2.24, 2.45) is 17.8 Å². The highest BCUT2D eigenvalue weighted by Gasteiger charge is 2.76. The van der Waals surface area contributed by atoms with Gasteiger partial charge < -0.3 is 20.1 Å². The molecule has 0 spiro atoms. The second-order valence-corrected chi connectivity index (χ2v) is 12.7. The van der Waals surface area contributed by atoms with Crippen LogP contribution in [0.15, 0.2) is 48.0 Å². The van der Waals surface area contributed by atoms with E-state index < -0.39 is 74.3 Å². The molecular formula is C29H23BrCl2N2O9. The first-order chi connectivity index (χ1) is 20.3. The Morgan fingerprint density at radius 2 is 1.74 bits per heavy atom. The number of fused-ring (bicyclic) bond motifs is 4. The summed E-state index contributed by atoms with van der Waals surface area (Å²) < 4.78 is 5.35. The molecule has 2 aromatic carbocycles. The number of methoxy groups -OCH3 is 1. The first-order valence-corrected chi connectivity index (χ1v) is 15.0. The maximum Gasteiger partial charge on any atom is 0.339 e. The molecule has 6 rings (SSSR count). The Hall–Kier alpha value is -3.61. The van der Waals surface area contributed by atoms with E-state index in [0.29, 0.717) is 11.3 Å². The molecule has 0 radical (unpaired) electrons. The molecule has 3 fully saturated rings. The summed E-state index contributed by atoms with van der Waals surface area (Å²) in [6, 6.07) is 7.74. The van der Waals surface area contributed by atoms with Crippen molar-refractivity contribution in [3.8, 4) is 17.2 Å². The molecule has 2 aliphatic heterocycles. The molecule has 2 aromatic rings. The Balaban J connectivity index is 1.51. The molecule has 1 saturated carbocycles. The summed E-state index contributed by atoms with van der Waals surface area (Å²) in [5, 5.41) is 30.6. The second kappa shape index (κ2) is 9.96. The Labute approximate surface area is 262 Å². The summed E-state index contributed by atoms with van der Waals surface area (Å²) in [7, 11) is 1.42. The normalized spacial score (nSPS) is 31.5. The minimum atomic E-state index is -2.10. The van der Waals surface area contributed by atoms with Gasteiger partial charge in [-0.3, -0.25) is 24.1 Å². The van der Waals surface area contributed by atoms with Crippen LogP contribution >= 0.6 is 39.1 Å². The van der Waals surface area contributed by atoms with E-state index in [1.807, 2.05) is 0 Å². The van der Waals surface area contributed by atoms with Gasteiger partial charge in [0.15, 0.2) is 9.75 Å². The van der Waals surface area contributed by atoms with Gasteiger partial charge in [0.25, 0.3) is 11.8 Å². The third-order valence-electron chi connectivity index (χ3n) is 9.03. The van der Waals surface area contributed by atoms with Crippen molar-refractivity contribution < 1.29 is 44.0 Å². The molecule has 3 N–H and O–H groups in total. The van der Waals surface area contributed by atoms with E-state index in [4.69, 9.17) is 27.9 Å². The summed E-state index contributed by atoms with van der Waals surface area (Å²) in [5.41, 5.74) is 0.0213. The molecule has 2 saturated heterocycles. The maximum absolute atomic E-state index is 14.1. The summed E-state index contributed by atoms with van der Waals surface area (Å²) >= 11 is 17.5. The van der Waals surface area contributed by atoms with E-state index in [-0.39, 0.29) is 35.3 Å². The van der Waals surface area contributed by atoms with Crippen LogP contribution in [-0.2, 0) is 19.2 Å². The molecule has 2 aliphatic carbocycles. The van der Waals surface area contributed by atoms with Gasteiger partial charge in [-0.2, -0.15) is 0 Å².